The van der Waals surface area contributed by atoms with Crippen LogP contribution in [0.5, 0.6) is 0 Å². The molecule has 4 aliphatic carbocycles. The van der Waals surface area contributed by atoms with E-state index in [2.05, 4.69) is 76.3 Å². The van der Waals surface area contributed by atoms with Gasteiger partial charge in [-0.2, -0.15) is 0 Å². The maximum absolute atomic E-state index is 3.44. The van der Waals surface area contributed by atoms with E-state index < -0.39 is 0 Å². The molecule has 2 saturated carbocycles. The number of hydrogen-bond acceptors (Lipinski definition) is 0. The summed E-state index contributed by atoms with van der Waals surface area (Å²) in [7, 11) is 0. The van der Waals surface area contributed by atoms with Gasteiger partial charge in [0.15, 0.2) is 0 Å². The Balaban J connectivity index is 0.000000357. The van der Waals surface area contributed by atoms with Gasteiger partial charge >= 0.3 is 26.2 Å². The van der Waals surface area contributed by atoms with E-state index in [0.29, 0.717) is 0 Å². The first-order valence-corrected chi connectivity index (χ1v) is 9.75. The molecule has 2 unspecified atom stereocenters. The van der Waals surface area contributed by atoms with Crippen molar-refractivity contribution in [2.75, 3.05) is 0 Å². The molecular weight excluding hydrogens is 404 g/mol. The van der Waals surface area contributed by atoms with Crippen molar-refractivity contribution in [1.82, 2.24) is 0 Å². The van der Waals surface area contributed by atoms with E-state index in [0.717, 1.165) is 23.0 Å². The zero-order valence-corrected chi connectivity index (χ0v) is 19.8. The van der Waals surface area contributed by atoms with Crippen LogP contribution in [0.3, 0.4) is 0 Å². The van der Waals surface area contributed by atoms with Gasteiger partial charge in [-0.3, -0.25) is 0 Å². The summed E-state index contributed by atoms with van der Waals surface area (Å²) in [6.45, 7) is 17.5. The Morgan fingerprint density at radius 1 is 0.852 bits per heavy atom. The van der Waals surface area contributed by atoms with Crippen molar-refractivity contribution in [3.8, 4) is 0 Å². The molecule has 0 aromatic carbocycles. The van der Waals surface area contributed by atoms with Crippen LogP contribution in [-0.2, 0) is 26.2 Å². The first kappa shape index (κ1) is 25.8. The molecule has 2 atom stereocenters. The van der Waals surface area contributed by atoms with Gasteiger partial charge in [-0.1, -0.05) is 26.7 Å². The Hall–Kier alpha value is -1.20. The quantitative estimate of drug-likeness (QED) is 0.338. The molecule has 0 bridgehead atoms. The van der Waals surface area contributed by atoms with Crippen molar-refractivity contribution < 1.29 is 26.2 Å². The first-order chi connectivity index (χ1) is 12.4. The maximum atomic E-state index is 3.44. The number of allylic oxidation sites excluding steroid dienone is 10. The van der Waals surface area contributed by atoms with E-state index >= 15 is 0 Å². The van der Waals surface area contributed by atoms with Crippen molar-refractivity contribution in [2.45, 2.75) is 52.4 Å². The zero-order chi connectivity index (χ0) is 19.4. The van der Waals surface area contributed by atoms with Crippen LogP contribution in [-0.4, -0.2) is 0 Å². The van der Waals surface area contributed by atoms with Gasteiger partial charge in [0.25, 0.3) is 0 Å². The molecule has 0 amide bonds. The van der Waals surface area contributed by atoms with Crippen molar-refractivity contribution in [3.63, 3.8) is 0 Å². The van der Waals surface area contributed by atoms with Gasteiger partial charge in [-0.25, -0.2) is 74.3 Å². The minimum Gasteiger partial charge on any atom is -0.242 e. The Kier molecular flexibility index (Phi) is 14.2. The van der Waals surface area contributed by atoms with E-state index in [9.17, 15) is 0 Å². The molecule has 0 spiro atoms. The van der Waals surface area contributed by atoms with E-state index in [1.54, 1.807) is 11.1 Å². The molecule has 0 nitrogen and oxygen atoms in total. The van der Waals surface area contributed by atoms with Crippen LogP contribution < -0.4 is 0 Å². The molecule has 0 N–H and O–H groups in total. The predicted octanol–water partition coefficient (Wildman–Crippen LogP) is 7.76. The van der Waals surface area contributed by atoms with Gasteiger partial charge in [-0.05, 0) is 24.7 Å². The summed E-state index contributed by atoms with van der Waals surface area (Å²) in [6.07, 6.45) is 26.1. The summed E-state index contributed by atoms with van der Waals surface area (Å²) in [4.78, 5) is 0. The molecule has 4 aliphatic rings. The number of fused-ring (bicyclic) bond motifs is 2. The van der Waals surface area contributed by atoms with Gasteiger partial charge < -0.3 is 0 Å². The number of hydrogen-bond donors (Lipinski definition) is 0. The second-order valence-electron chi connectivity index (χ2n) is 7.53. The first-order valence-electron chi connectivity index (χ1n) is 9.75. The largest absolute Gasteiger partial charge is 4.00 e. The summed E-state index contributed by atoms with van der Waals surface area (Å²) in [6, 6.07) is 0. The minimum atomic E-state index is 0. The number of rotatable bonds is 0. The summed E-state index contributed by atoms with van der Waals surface area (Å²) in [5.41, 5.74) is 5.00. The van der Waals surface area contributed by atoms with E-state index in [1.807, 2.05) is 13.8 Å². The van der Waals surface area contributed by atoms with Crippen LogP contribution in [0.2, 0.25) is 0 Å². The Labute approximate surface area is 188 Å². The van der Waals surface area contributed by atoms with E-state index in [1.165, 1.54) is 38.5 Å². The molecule has 0 saturated heterocycles. The van der Waals surface area contributed by atoms with Crippen LogP contribution in [0.25, 0.3) is 0 Å². The molecule has 2 fully saturated rings. The molecule has 0 radical (unpaired) electrons. The predicted molar refractivity (Wildman–Crippen MR) is 118 cm³/mol. The molecule has 144 valence electrons. The summed E-state index contributed by atoms with van der Waals surface area (Å²) >= 11 is 0. The molecule has 0 heterocycles. The van der Waals surface area contributed by atoms with Crippen LogP contribution in [0.4, 0.5) is 0 Å². The Morgan fingerprint density at radius 2 is 1.19 bits per heavy atom. The van der Waals surface area contributed by atoms with Crippen molar-refractivity contribution in [2.24, 2.45) is 11.8 Å². The molecule has 27 heavy (non-hydrogen) atoms. The van der Waals surface area contributed by atoms with Crippen LogP contribution in [0.15, 0.2) is 71.9 Å². The molecule has 0 aromatic heterocycles. The maximum Gasteiger partial charge on any atom is 4.00 e. The zero-order valence-electron chi connectivity index (χ0n) is 17.3. The average molecular weight is 440 g/mol. The topological polar surface area (TPSA) is 0 Å². The fourth-order valence-corrected chi connectivity index (χ4v) is 3.33. The minimum absolute atomic E-state index is 0. The van der Waals surface area contributed by atoms with E-state index in [-0.39, 0.29) is 26.2 Å². The molecule has 0 aliphatic heterocycles. The van der Waals surface area contributed by atoms with Gasteiger partial charge in [0, 0.05) is 0 Å². The standard InChI is InChI=1S/2C9H11.2C4H7.Zr/c2*1-2-5-9-7-3-6-8(9)4-1;2*1-4(2)3;/h2*1-2,4,6,9H,3,5,7H2;2*1-2H2,3H3;/q4*-1;+4. The monoisotopic (exact) mass is 438 g/mol. The Bertz CT molecular complexity index is 511. The third kappa shape index (κ3) is 12.0. The molecule has 0 aromatic rings. The second-order valence-corrected chi connectivity index (χ2v) is 7.53. The third-order valence-corrected chi connectivity index (χ3v) is 4.42. The summed E-state index contributed by atoms with van der Waals surface area (Å²) < 4.78 is 0. The summed E-state index contributed by atoms with van der Waals surface area (Å²) in [5, 5.41) is 0. The normalized spacial score (nSPS) is 22.6. The average Bonchev–Trinajstić information content (AvgIpc) is 3.23. The molecule has 4 rings (SSSR count). The molecular formula is C26H36Zr. The van der Waals surface area contributed by atoms with Crippen molar-refractivity contribution in [1.29, 1.82) is 0 Å². The van der Waals surface area contributed by atoms with Crippen LogP contribution in [0.1, 0.15) is 52.4 Å². The fourth-order valence-electron chi connectivity index (χ4n) is 3.33. The van der Waals surface area contributed by atoms with Crippen molar-refractivity contribution in [3.05, 3.63) is 98.6 Å². The third-order valence-electron chi connectivity index (χ3n) is 4.42. The van der Waals surface area contributed by atoms with Crippen LogP contribution in [0, 0.1) is 38.5 Å². The van der Waals surface area contributed by atoms with Crippen LogP contribution >= 0.6 is 0 Å². The SMILES string of the molecule is C1=CCC2CC[CH-]C2=C1.C1=CCC2CC[CH-]C2=C1.C=C([CH2-])C.C=C([CH2-])C.[Zr+4]. The van der Waals surface area contributed by atoms with Gasteiger partial charge in [-0.15, -0.1) is 37.1 Å². The summed E-state index contributed by atoms with van der Waals surface area (Å²) in [5.74, 6) is 1.77. The van der Waals surface area contributed by atoms with Gasteiger partial charge in [0.05, 0.1) is 0 Å². The Morgan fingerprint density at radius 3 is 1.48 bits per heavy atom. The van der Waals surface area contributed by atoms with Gasteiger partial charge in [0.1, 0.15) is 0 Å². The fraction of sp³-hybridized carbons (Fsp3) is 0.385. The van der Waals surface area contributed by atoms with Gasteiger partial charge in [0.2, 0.25) is 0 Å². The van der Waals surface area contributed by atoms with Crippen molar-refractivity contribution >= 4 is 0 Å². The second kappa shape index (κ2) is 14.8. The smallest absolute Gasteiger partial charge is 0.242 e. The van der Waals surface area contributed by atoms with E-state index in [4.69, 9.17) is 0 Å². The molecule has 1 heteroatoms.